The number of fused-ring (bicyclic) bond motifs is 3. The number of rotatable bonds is 3. The topological polar surface area (TPSA) is 9.23 Å². The molecule has 1 aliphatic heterocycles. The van der Waals surface area contributed by atoms with Gasteiger partial charge in [0, 0.05) is 17.5 Å². The Kier molecular flexibility index (Phi) is 6.56. The molecule has 1 aliphatic carbocycles. The zero-order chi connectivity index (χ0) is 25.1. The molecule has 1 heterocycles. The minimum atomic E-state index is -0.981. The quantitative estimate of drug-likeness (QED) is 0.285. The Morgan fingerprint density at radius 3 is 2.17 bits per heavy atom. The molecule has 0 saturated heterocycles. The van der Waals surface area contributed by atoms with Gasteiger partial charge in [0.2, 0.25) is 0 Å². The molecule has 0 N–H and O–H groups in total. The van der Waals surface area contributed by atoms with Gasteiger partial charge < -0.3 is 4.74 Å². The Morgan fingerprint density at radius 1 is 0.722 bits per heavy atom. The van der Waals surface area contributed by atoms with Crippen LogP contribution in [0.4, 0.5) is 8.78 Å². The van der Waals surface area contributed by atoms with E-state index >= 15 is 0 Å². The highest BCUT2D eigenvalue weighted by molar-refractivity contribution is 6.01. The normalized spacial score (nSPS) is 18.6. The van der Waals surface area contributed by atoms with E-state index in [-0.39, 0.29) is 11.6 Å². The molecule has 0 amide bonds. The van der Waals surface area contributed by atoms with Crippen LogP contribution in [-0.4, -0.2) is 0 Å². The summed E-state index contributed by atoms with van der Waals surface area (Å²) in [6.07, 6.45) is 6.29. The van der Waals surface area contributed by atoms with Crippen molar-refractivity contribution in [3.05, 3.63) is 143 Å². The number of hydrogen-bond donors (Lipinski definition) is 0. The molecule has 4 aromatic carbocycles. The van der Waals surface area contributed by atoms with Crippen LogP contribution in [0.1, 0.15) is 43.4 Å². The van der Waals surface area contributed by atoms with Crippen molar-refractivity contribution >= 4 is 16.3 Å². The Bertz CT molecular complexity index is 1480. The van der Waals surface area contributed by atoms with Crippen LogP contribution >= 0.6 is 0 Å². The van der Waals surface area contributed by atoms with Gasteiger partial charge in [-0.05, 0) is 64.3 Å². The zero-order valence-corrected chi connectivity index (χ0v) is 20.5. The van der Waals surface area contributed by atoms with E-state index in [0.717, 1.165) is 44.4 Å². The molecule has 0 radical (unpaired) electrons. The summed E-state index contributed by atoms with van der Waals surface area (Å²) in [6, 6.07) is 29.0. The maximum absolute atomic E-state index is 14.0. The minimum Gasteiger partial charge on any atom is -0.473 e. The van der Waals surface area contributed by atoms with E-state index in [4.69, 9.17) is 4.74 Å². The van der Waals surface area contributed by atoms with E-state index in [1.807, 2.05) is 56.3 Å². The van der Waals surface area contributed by atoms with E-state index in [2.05, 4.69) is 36.4 Å². The molecule has 0 saturated carbocycles. The fraction of sp³-hybridized carbons (Fsp3) is 0.152. The monoisotopic (exact) mass is 478 g/mol. The minimum absolute atomic E-state index is 0.146. The fourth-order valence-corrected chi connectivity index (χ4v) is 5.04. The first-order chi connectivity index (χ1) is 17.6. The highest BCUT2D eigenvalue weighted by Gasteiger charge is 2.42. The molecule has 2 aliphatic rings. The Morgan fingerprint density at radius 2 is 1.44 bits per heavy atom. The Balaban J connectivity index is 0.00000130. The van der Waals surface area contributed by atoms with Gasteiger partial charge >= 0.3 is 0 Å². The largest absolute Gasteiger partial charge is 0.473 e. The molecule has 0 fully saturated rings. The summed E-state index contributed by atoms with van der Waals surface area (Å²) in [5.74, 6) is 0.296. The van der Waals surface area contributed by atoms with Gasteiger partial charge in [-0.3, -0.25) is 0 Å². The maximum atomic E-state index is 14.0. The van der Waals surface area contributed by atoms with Crippen molar-refractivity contribution in [2.45, 2.75) is 32.3 Å². The predicted molar refractivity (Wildman–Crippen MR) is 144 cm³/mol. The fourth-order valence-electron chi connectivity index (χ4n) is 5.04. The molecule has 36 heavy (non-hydrogen) atoms. The van der Waals surface area contributed by atoms with Crippen LogP contribution < -0.4 is 4.74 Å². The summed E-state index contributed by atoms with van der Waals surface area (Å²) in [4.78, 5) is 0. The van der Waals surface area contributed by atoms with Crippen molar-refractivity contribution in [2.24, 2.45) is 0 Å². The van der Waals surface area contributed by atoms with E-state index in [1.165, 1.54) is 18.2 Å². The first-order valence-corrected chi connectivity index (χ1v) is 12.5. The lowest BCUT2D eigenvalue weighted by atomic mass is 9.76. The van der Waals surface area contributed by atoms with E-state index < -0.39 is 5.60 Å². The van der Waals surface area contributed by atoms with Crippen LogP contribution in [0.5, 0.6) is 5.75 Å². The molecule has 0 bridgehead atoms. The molecule has 3 heteroatoms. The second kappa shape index (κ2) is 9.94. The second-order valence-corrected chi connectivity index (χ2v) is 8.73. The van der Waals surface area contributed by atoms with Gasteiger partial charge in [0.15, 0.2) is 5.60 Å². The highest BCUT2D eigenvalue weighted by Crippen LogP contribution is 2.50. The summed E-state index contributed by atoms with van der Waals surface area (Å²) in [7, 11) is 0. The second-order valence-electron chi connectivity index (χ2n) is 8.73. The summed E-state index contributed by atoms with van der Waals surface area (Å²) in [5.41, 5.74) is 3.90. The van der Waals surface area contributed by atoms with Gasteiger partial charge in [-0.2, -0.15) is 0 Å². The Hall–Kier alpha value is -3.98. The molecule has 4 aromatic rings. The Labute approximate surface area is 211 Å². The number of hydrogen-bond acceptors (Lipinski definition) is 1. The summed E-state index contributed by atoms with van der Waals surface area (Å²) in [6.45, 7) is 4.00. The van der Waals surface area contributed by atoms with Crippen molar-refractivity contribution in [1.82, 2.24) is 0 Å². The predicted octanol–water partition coefficient (Wildman–Crippen LogP) is 9.30. The van der Waals surface area contributed by atoms with Crippen LogP contribution in [-0.2, 0) is 5.60 Å². The molecular weight excluding hydrogens is 450 g/mol. The van der Waals surface area contributed by atoms with Crippen LogP contribution in [0.2, 0.25) is 0 Å². The lowest BCUT2D eigenvalue weighted by Crippen LogP contribution is -2.36. The van der Waals surface area contributed by atoms with E-state index in [0.29, 0.717) is 12.8 Å². The van der Waals surface area contributed by atoms with Crippen LogP contribution in [0.3, 0.4) is 0 Å². The molecular formula is C33H28F2O. The third kappa shape index (κ3) is 4.15. The van der Waals surface area contributed by atoms with Gasteiger partial charge in [-0.25, -0.2) is 8.78 Å². The number of allylic oxidation sites excluding steroid dienone is 3. The lowest BCUT2D eigenvalue weighted by molar-refractivity contribution is 0.150. The standard InChI is InChI=1S/C31H22F2O.C2H6/c32-25-15-11-23(12-16-25)31(24-13-17-26(33)18-14-24)20-28(21-6-2-1-3-7-21)30-27-9-5-4-8-22(27)10-19-29(30)34-31;1-2/h1-13,15-17,19-20H,14,18H2;1-2H3. The van der Waals surface area contributed by atoms with Crippen molar-refractivity contribution in [2.75, 3.05) is 0 Å². The number of benzene rings is 4. The number of halogens is 2. The van der Waals surface area contributed by atoms with E-state index in [9.17, 15) is 8.78 Å². The van der Waals surface area contributed by atoms with E-state index in [1.54, 1.807) is 12.1 Å². The molecule has 6 rings (SSSR count). The van der Waals surface area contributed by atoms with Gasteiger partial charge in [-0.1, -0.05) is 92.7 Å². The van der Waals surface area contributed by atoms with Crippen LogP contribution in [0, 0.1) is 5.82 Å². The molecule has 0 aromatic heterocycles. The van der Waals surface area contributed by atoms with Crippen molar-refractivity contribution in [1.29, 1.82) is 0 Å². The SMILES string of the molecule is CC.FC1=CC=C(C2(c3ccc(F)cc3)C=C(c3ccccc3)c3c(ccc4ccccc34)O2)CC1. The van der Waals surface area contributed by atoms with Gasteiger partial charge in [-0.15, -0.1) is 0 Å². The van der Waals surface area contributed by atoms with Gasteiger partial charge in [0.25, 0.3) is 0 Å². The molecule has 1 unspecified atom stereocenters. The first kappa shape index (κ1) is 23.7. The average molecular weight is 479 g/mol. The smallest absolute Gasteiger partial charge is 0.175 e. The lowest BCUT2D eigenvalue weighted by Gasteiger charge is -2.40. The van der Waals surface area contributed by atoms with Crippen LogP contribution in [0.25, 0.3) is 16.3 Å². The molecule has 0 spiro atoms. The van der Waals surface area contributed by atoms with Crippen LogP contribution in [0.15, 0.2) is 121 Å². The first-order valence-electron chi connectivity index (χ1n) is 12.5. The third-order valence-corrected chi connectivity index (χ3v) is 6.71. The van der Waals surface area contributed by atoms with Crippen molar-refractivity contribution < 1.29 is 13.5 Å². The molecule has 180 valence electrons. The van der Waals surface area contributed by atoms with Crippen molar-refractivity contribution in [3.63, 3.8) is 0 Å². The molecule has 1 nitrogen and oxygen atoms in total. The molecule has 1 atom stereocenters. The zero-order valence-electron chi connectivity index (χ0n) is 20.5. The van der Waals surface area contributed by atoms with Crippen molar-refractivity contribution in [3.8, 4) is 5.75 Å². The van der Waals surface area contributed by atoms with Gasteiger partial charge in [0.05, 0.1) is 0 Å². The summed E-state index contributed by atoms with van der Waals surface area (Å²) >= 11 is 0. The van der Waals surface area contributed by atoms with Gasteiger partial charge in [0.1, 0.15) is 17.4 Å². The average Bonchev–Trinajstić information content (AvgIpc) is 2.94. The third-order valence-electron chi connectivity index (χ3n) is 6.71. The summed E-state index contributed by atoms with van der Waals surface area (Å²) < 4.78 is 34.7. The highest BCUT2D eigenvalue weighted by atomic mass is 19.1. The number of ether oxygens (including phenoxy) is 1. The maximum Gasteiger partial charge on any atom is 0.175 e. The summed E-state index contributed by atoms with van der Waals surface area (Å²) in [5, 5.41) is 2.23.